The number of carbonyl (C=O) groups excluding carboxylic acids is 2. The Morgan fingerprint density at radius 3 is 2.75 bits per heavy atom. The van der Waals surface area contributed by atoms with Gasteiger partial charge in [0.2, 0.25) is 5.91 Å². The molecule has 1 saturated heterocycles. The second-order valence-electron chi connectivity index (χ2n) is 6.91. The molecule has 7 nitrogen and oxygen atoms in total. The molecule has 1 aliphatic heterocycles. The van der Waals surface area contributed by atoms with Crippen molar-refractivity contribution < 1.29 is 9.59 Å². The number of para-hydroxylation sites is 1. The number of carbonyl (C=O) groups is 2. The van der Waals surface area contributed by atoms with Gasteiger partial charge in [0, 0.05) is 19.6 Å². The Balaban J connectivity index is 1.88. The molecule has 0 unspecified atom stereocenters. The number of thioether (sulfide) groups is 1. The summed E-state index contributed by atoms with van der Waals surface area (Å²) in [7, 11) is 0. The Morgan fingerprint density at radius 2 is 2.04 bits per heavy atom. The van der Waals surface area contributed by atoms with Crippen LogP contribution in [0.3, 0.4) is 0 Å². The number of rotatable bonds is 8. The van der Waals surface area contributed by atoms with Crippen LogP contribution in [0.1, 0.15) is 39.5 Å². The second kappa shape index (κ2) is 9.23. The van der Waals surface area contributed by atoms with E-state index in [0.29, 0.717) is 35.7 Å². The molecule has 0 spiro atoms. The van der Waals surface area contributed by atoms with Gasteiger partial charge in [0.1, 0.15) is 0 Å². The largest absolute Gasteiger partial charge is 0.336 e. The van der Waals surface area contributed by atoms with Gasteiger partial charge in [-0.15, -0.1) is 0 Å². The Hall–Kier alpha value is -2.35. The molecule has 1 aromatic heterocycles. The van der Waals surface area contributed by atoms with Crippen LogP contribution in [0.25, 0.3) is 10.9 Å². The summed E-state index contributed by atoms with van der Waals surface area (Å²) in [5, 5.41) is 3.24. The first kappa shape index (κ1) is 20.4. The topological polar surface area (TPSA) is 84.3 Å². The van der Waals surface area contributed by atoms with Gasteiger partial charge in [-0.25, -0.2) is 9.78 Å². The first-order chi connectivity index (χ1) is 13.5. The monoisotopic (exact) mass is 402 g/mol. The summed E-state index contributed by atoms with van der Waals surface area (Å²) in [6.45, 7) is 5.31. The van der Waals surface area contributed by atoms with Gasteiger partial charge in [-0.3, -0.25) is 19.1 Å². The van der Waals surface area contributed by atoms with E-state index in [2.05, 4.69) is 17.2 Å². The molecule has 0 saturated carbocycles. The molecule has 150 valence electrons. The molecule has 1 N–H and O–H groups in total. The highest BCUT2D eigenvalue weighted by atomic mass is 32.2. The summed E-state index contributed by atoms with van der Waals surface area (Å²) in [4.78, 5) is 43.3. The number of aromatic nitrogens is 2. The summed E-state index contributed by atoms with van der Waals surface area (Å²) in [5.41, 5.74) is 0.543. The van der Waals surface area contributed by atoms with E-state index < -0.39 is 5.25 Å². The van der Waals surface area contributed by atoms with Gasteiger partial charge in [0.15, 0.2) is 5.16 Å². The minimum atomic E-state index is -0.515. The average molecular weight is 403 g/mol. The smallest absolute Gasteiger partial charge is 0.324 e. The van der Waals surface area contributed by atoms with Crippen LogP contribution in [0.4, 0.5) is 4.79 Å². The lowest BCUT2D eigenvalue weighted by atomic mass is 10.2. The summed E-state index contributed by atoms with van der Waals surface area (Å²) in [5.74, 6) is -0.264. The number of imide groups is 1. The van der Waals surface area contributed by atoms with Crippen LogP contribution in [-0.2, 0) is 11.3 Å². The molecule has 8 heteroatoms. The number of urea groups is 1. The van der Waals surface area contributed by atoms with Gasteiger partial charge >= 0.3 is 6.03 Å². The molecule has 2 aromatic rings. The summed E-state index contributed by atoms with van der Waals surface area (Å²) in [6.07, 6.45) is 4.17. The summed E-state index contributed by atoms with van der Waals surface area (Å²) < 4.78 is 1.68. The van der Waals surface area contributed by atoms with E-state index in [1.54, 1.807) is 17.6 Å². The number of hydrogen-bond acceptors (Lipinski definition) is 5. The lowest BCUT2D eigenvalue weighted by Crippen LogP contribution is -2.39. The summed E-state index contributed by atoms with van der Waals surface area (Å²) >= 11 is 1.24. The minimum Gasteiger partial charge on any atom is -0.336 e. The van der Waals surface area contributed by atoms with Crippen LogP contribution in [-0.4, -0.2) is 44.7 Å². The molecule has 1 atom stereocenters. The predicted octanol–water partition coefficient (Wildman–Crippen LogP) is 3.01. The minimum absolute atomic E-state index is 0.0804. The SMILES string of the molecule is CCCCCCn1c(S[C@H](C)C(=O)N2CCNC2=O)nc2ccccc2c1=O. The van der Waals surface area contributed by atoms with E-state index in [0.717, 1.165) is 25.7 Å². The standard InChI is InChI=1S/C20H26N4O3S/c1-3-4-5-8-12-24-18(26)15-9-6-7-10-16(15)22-20(24)28-14(2)17(25)23-13-11-21-19(23)27/h6-7,9-10,14H,3-5,8,11-13H2,1-2H3,(H,21,27)/t14-/m1/s1. The zero-order valence-corrected chi connectivity index (χ0v) is 17.1. The maximum Gasteiger partial charge on any atom is 0.324 e. The molecule has 0 bridgehead atoms. The van der Waals surface area contributed by atoms with E-state index >= 15 is 0 Å². The first-order valence-corrected chi connectivity index (χ1v) is 10.7. The third kappa shape index (κ3) is 4.38. The molecule has 1 aromatic carbocycles. The van der Waals surface area contributed by atoms with Crippen molar-refractivity contribution in [1.82, 2.24) is 19.8 Å². The van der Waals surface area contributed by atoms with Crippen LogP contribution < -0.4 is 10.9 Å². The van der Waals surface area contributed by atoms with Crippen LogP contribution in [0.5, 0.6) is 0 Å². The highest BCUT2D eigenvalue weighted by Gasteiger charge is 2.31. The van der Waals surface area contributed by atoms with Gasteiger partial charge in [-0.05, 0) is 25.5 Å². The number of fused-ring (bicyclic) bond motifs is 1. The maximum atomic E-state index is 13.0. The number of benzene rings is 1. The number of hydrogen-bond donors (Lipinski definition) is 1. The fraction of sp³-hybridized carbons (Fsp3) is 0.500. The van der Waals surface area contributed by atoms with Gasteiger partial charge in [-0.2, -0.15) is 0 Å². The first-order valence-electron chi connectivity index (χ1n) is 9.78. The number of unbranched alkanes of at least 4 members (excludes halogenated alkanes) is 3. The highest BCUT2D eigenvalue weighted by molar-refractivity contribution is 8.00. The van der Waals surface area contributed by atoms with Crippen LogP contribution >= 0.6 is 11.8 Å². The van der Waals surface area contributed by atoms with Gasteiger partial charge in [0.25, 0.3) is 5.56 Å². The lowest BCUT2D eigenvalue weighted by molar-refractivity contribution is -0.126. The zero-order valence-electron chi connectivity index (χ0n) is 16.3. The molecule has 2 heterocycles. The van der Waals surface area contributed by atoms with Gasteiger partial charge in [0.05, 0.1) is 16.2 Å². The van der Waals surface area contributed by atoms with Crippen LogP contribution in [0.15, 0.2) is 34.2 Å². The van der Waals surface area contributed by atoms with Crippen molar-refractivity contribution in [3.63, 3.8) is 0 Å². The van der Waals surface area contributed by atoms with Crippen molar-refractivity contribution in [2.24, 2.45) is 0 Å². The summed E-state index contributed by atoms with van der Waals surface area (Å²) in [6, 6.07) is 6.91. The number of nitrogens with zero attached hydrogens (tertiary/aromatic N) is 3. The third-order valence-electron chi connectivity index (χ3n) is 4.81. The van der Waals surface area contributed by atoms with E-state index in [9.17, 15) is 14.4 Å². The molecular weight excluding hydrogens is 376 g/mol. The van der Waals surface area contributed by atoms with Crippen LogP contribution in [0.2, 0.25) is 0 Å². The molecular formula is C20H26N4O3S. The molecule has 3 amide bonds. The van der Waals surface area contributed by atoms with E-state index in [4.69, 9.17) is 0 Å². The van der Waals surface area contributed by atoms with Crippen molar-refractivity contribution >= 4 is 34.6 Å². The second-order valence-corrected chi connectivity index (χ2v) is 8.22. The molecule has 1 aliphatic rings. The van der Waals surface area contributed by atoms with Gasteiger partial charge in [-0.1, -0.05) is 50.1 Å². The Bertz CT molecular complexity index is 927. The quantitative estimate of drug-likeness (QED) is 0.417. The molecule has 3 rings (SSSR count). The molecule has 0 aliphatic carbocycles. The fourth-order valence-electron chi connectivity index (χ4n) is 3.24. The highest BCUT2D eigenvalue weighted by Crippen LogP contribution is 2.24. The Kier molecular flexibility index (Phi) is 6.72. The predicted molar refractivity (Wildman–Crippen MR) is 111 cm³/mol. The van der Waals surface area contributed by atoms with Crippen molar-refractivity contribution in [3.8, 4) is 0 Å². The lowest BCUT2D eigenvalue weighted by Gasteiger charge is -2.19. The van der Waals surface area contributed by atoms with Crippen molar-refractivity contribution in [2.75, 3.05) is 13.1 Å². The number of amides is 3. The molecule has 0 radical (unpaired) electrons. The Morgan fingerprint density at radius 1 is 1.25 bits per heavy atom. The van der Waals surface area contributed by atoms with Crippen molar-refractivity contribution in [3.05, 3.63) is 34.6 Å². The van der Waals surface area contributed by atoms with Crippen LogP contribution in [0, 0.1) is 0 Å². The maximum absolute atomic E-state index is 13.0. The van der Waals surface area contributed by atoms with Crippen molar-refractivity contribution in [2.45, 2.75) is 56.5 Å². The molecule has 1 fully saturated rings. The average Bonchev–Trinajstić information content (AvgIpc) is 3.12. The number of nitrogens with one attached hydrogen (secondary N) is 1. The normalized spacial score (nSPS) is 15.1. The third-order valence-corrected chi connectivity index (χ3v) is 5.89. The van der Waals surface area contributed by atoms with E-state index in [1.807, 2.05) is 18.2 Å². The molecule has 28 heavy (non-hydrogen) atoms. The van der Waals surface area contributed by atoms with Gasteiger partial charge < -0.3 is 5.32 Å². The van der Waals surface area contributed by atoms with E-state index in [-0.39, 0.29) is 17.5 Å². The Labute approximate surface area is 168 Å². The fourth-order valence-corrected chi connectivity index (χ4v) is 4.24. The van der Waals surface area contributed by atoms with Crippen molar-refractivity contribution in [1.29, 1.82) is 0 Å². The zero-order chi connectivity index (χ0) is 20.1. The van der Waals surface area contributed by atoms with E-state index in [1.165, 1.54) is 16.7 Å².